The highest BCUT2D eigenvalue weighted by atomic mass is 19.1. The highest BCUT2D eigenvalue weighted by Crippen LogP contribution is 2.43. The third kappa shape index (κ3) is 18.1. The Bertz CT molecular complexity index is 3360. The van der Waals surface area contributed by atoms with Crippen molar-refractivity contribution in [3.63, 3.8) is 0 Å². The summed E-state index contributed by atoms with van der Waals surface area (Å²) < 4.78 is 82.4. The fraction of sp³-hybridized carbons (Fsp3) is 0.718. The van der Waals surface area contributed by atoms with Gasteiger partial charge in [0.15, 0.2) is 18.9 Å². The zero-order valence-corrected chi connectivity index (χ0v) is 57.6. The van der Waals surface area contributed by atoms with E-state index in [0.717, 1.165) is 38.5 Å². The van der Waals surface area contributed by atoms with Crippen molar-refractivity contribution >= 4 is 23.4 Å². The Labute approximate surface area is 585 Å². The maximum absolute atomic E-state index is 14.5. The quantitative estimate of drug-likeness (QED) is 0.0351. The maximum Gasteiger partial charge on any atom is 0.251 e. The zero-order chi connectivity index (χ0) is 71.8. The lowest BCUT2D eigenvalue weighted by Gasteiger charge is -2.49. The van der Waals surface area contributed by atoms with Gasteiger partial charge in [0.25, 0.3) is 5.91 Å². The Hall–Kier alpha value is -5.78. The molecule has 7 aliphatic rings. The minimum Gasteiger partial charge on any atom is -0.394 e. The van der Waals surface area contributed by atoms with Crippen LogP contribution < -0.4 is 5.32 Å². The summed E-state index contributed by atoms with van der Waals surface area (Å²) in [7, 11) is 0. The number of Topliss-reactive ketones (excluding diaryl/α,β-unsaturated/α-hetero) is 2. The van der Waals surface area contributed by atoms with Crippen molar-refractivity contribution in [1.29, 1.82) is 0 Å². The number of hydrogen-bond acceptors (Lipinski definition) is 24. The first-order valence-electron chi connectivity index (χ1n) is 36.1. The lowest BCUT2D eigenvalue weighted by Crippen LogP contribution is -2.67. The van der Waals surface area contributed by atoms with Crippen LogP contribution in [0.2, 0.25) is 0 Å². The predicted molar refractivity (Wildman–Crippen MR) is 352 cm³/mol. The molecule has 7 fully saturated rings. The van der Waals surface area contributed by atoms with Crippen LogP contribution in [-0.4, -0.2) is 249 Å². The van der Waals surface area contributed by atoms with E-state index in [-0.39, 0.29) is 87.2 Å². The molecule has 11 rings (SSSR count). The summed E-state index contributed by atoms with van der Waals surface area (Å²) >= 11 is 0. The largest absolute Gasteiger partial charge is 0.394 e. The van der Waals surface area contributed by atoms with E-state index < -0.39 is 170 Å². The summed E-state index contributed by atoms with van der Waals surface area (Å²) in [5.74, 6) is -3.74. The monoisotopic (exact) mass is 1420 g/mol. The molecule has 2 aromatic heterocycles. The van der Waals surface area contributed by atoms with Crippen LogP contribution in [0.5, 0.6) is 0 Å². The van der Waals surface area contributed by atoms with Crippen LogP contribution >= 0.6 is 0 Å². The SMILES string of the molecule is CCC1O[C@@H](O[C@@H]2C[C@@H](C(=O)CCCOCCCC(=O)C3CC(CC)[C@@H](O[C@@H]4OC(C)[C@@H](O)[C@H](O)C4O)[C@H](O[C@@H]4O[C@@H](CO)[C@H](O)C(O[C@@H](CC5CCCCC5)C(=O)N5CCC5)C4NC(C)=O)C3)CC(n3cc(-c4cccc(F)c4)nn3)C2O)[C@H](O)C(n2cc(-c3cccc(F)c3)nn2)[C@H]1O. The number of likely N-dealkylation sites (tertiary alicyclic amines) is 1. The summed E-state index contributed by atoms with van der Waals surface area (Å²) in [4.78, 5) is 58.0. The van der Waals surface area contributed by atoms with Crippen LogP contribution in [0.3, 0.4) is 0 Å². The topological polar surface area (TPSA) is 381 Å². The second-order valence-electron chi connectivity index (χ2n) is 28.5. The van der Waals surface area contributed by atoms with Crippen LogP contribution in [0, 0.1) is 35.3 Å². The van der Waals surface area contributed by atoms with Gasteiger partial charge in [0.05, 0.1) is 55.6 Å². The fourth-order valence-electron chi connectivity index (χ4n) is 15.7. The van der Waals surface area contributed by atoms with Gasteiger partial charge in [0, 0.05) is 69.0 Å². The summed E-state index contributed by atoms with van der Waals surface area (Å²) in [6.07, 6.45) is -12.7. The van der Waals surface area contributed by atoms with E-state index in [1.54, 1.807) is 30.2 Å². The number of nitrogens with zero attached hydrogens (tertiary/aromatic N) is 7. The smallest absolute Gasteiger partial charge is 0.251 e. The molecular formula is C71H100F2N8O20. The summed E-state index contributed by atoms with van der Waals surface area (Å²) in [5, 5.41) is 111. The van der Waals surface area contributed by atoms with E-state index >= 15 is 0 Å². The molecule has 2 aromatic carbocycles. The Balaban J connectivity index is 0.744. The molecule has 6 heterocycles. The van der Waals surface area contributed by atoms with E-state index in [0.29, 0.717) is 55.6 Å². The molecule has 3 saturated carbocycles. The molecule has 0 bridgehead atoms. The van der Waals surface area contributed by atoms with Gasteiger partial charge >= 0.3 is 0 Å². The Kier molecular flexibility index (Phi) is 26.4. The molecule has 24 atom stereocenters. The summed E-state index contributed by atoms with van der Waals surface area (Å²) in [5.41, 5.74) is 1.42. The molecule has 10 unspecified atom stereocenters. The first-order valence-corrected chi connectivity index (χ1v) is 36.1. The second kappa shape index (κ2) is 34.9. The van der Waals surface area contributed by atoms with Gasteiger partial charge in [-0.05, 0) is 101 Å². The van der Waals surface area contributed by atoms with E-state index in [1.165, 1.54) is 65.8 Å². The molecule has 4 saturated heterocycles. The highest BCUT2D eigenvalue weighted by Gasteiger charge is 2.55. The number of aromatic nitrogens is 6. The highest BCUT2D eigenvalue weighted by molar-refractivity contribution is 5.82. The molecule has 101 heavy (non-hydrogen) atoms. The van der Waals surface area contributed by atoms with Gasteiger partial charge in [-0.2, -0.15) is 0 Å². The molecule has 0 spiro atoms. The number of nitrogens with one attached hydrogen (secondary N) is 1. The number of hydrogen-bond donors (Lipinski definition) is 9. The van der Waals surface area contributed by atoms with E-state index in [9.17, 15) is 68.8 Å². The van der Waals surface area contributed by atoms with Gasteiger partial charge in [-0.25, -0.2) is 18.1 Å². The van der Waals surface area contributed by atoms with Crippen molar-refractivity contribution in [1.82, 2.24) is 40.2 Å². The van der Waals surface area contributed by atoms with Crippen molar-refractivity contribution in [3.05, 3.63) is 72.6 Å². The Morgan fingerprint density at radius 1 is 0.644 bits per heavy atom. The number of benzene rings is 2. The fourth-order valence-corrected chi connectivity index (χ4v) is 15.7. The lowest BCUT2D eigenvalue weighted by molar-refractivity contribution is -0.338. The number of aliphatic hydroxyl groups excluding tert-OH is 8. The van der Waals surface area contributed by atoms with Crippen LogP contribution in [0.15, 0.2) is 60.9 Å². The van der Waals surface area contributed by atoms with Gasteiger partial charge in [0.2, 0.25) is 5.91 Å². The van der Waals surface area contributed by atoms with Gasteiger partial charge in [-0.1, -0.05) is 87.1 Å². The van der Waals surface area contributed by atoms with E-state index in [4.69, 9.17) is 37.9 Å². The Morgan fingerprint density at radius 3 is 1.85 bits per heavy atom. The predicted octanol–water partition coefficient (Wildman–Crippen LogP) is 3.57. The molecule has 0 radical (unpaired) electrons. The summed E-state index contributed by atoms with van der Waals surface area (Å²) in [6.45, 7) is 7.15. The molecule has 3 aliphatic carbocycles. The van der Waals surface area contributed by atoms with Crippen molar-refractivity contribution < 1.29 is 107 Å². The average molecular weight is 1420 g/mol. The number of amides is 2. The van der Waals surface area contributed by atoms with Crippen LogP contribution in [0.1, 0.15) is 149 Å². The van der Waals surface area contributed by atoms with Crippen molar-refractivity contribution in [2.75, 3.05) is 32.9 Å². The maximum atomic E-state index is 14.5. The van der Waals surface area contributed by atoms with Crippen LogP contribution in [-0.2, 0) is 57.1 Å². The Morgan fingerprint density at radius 2 is 1.25 bits per heavy atom. The number of carbonyl (C=O) groups excluding carboxylic acids is 4. The minimum absolute atomic E-state index is 0.0111. The number of carbonyl (C=O) groups is 4. The molecule has 28 nitrogen and oxygen atoms in total. The lowest BCUT2D eigenvalue weighted by atomic mass is 9.74. The number of rotatable bonds is 29. The molecular weight excluding hydrogens is 1320 g/mol. The molecule has 4 aromatic rings. The number of halogens is 2. The molecule has 30 heteroatoms. The minimum atomic E-state index is -1.69. The normalized spacial score (nSPS) is 35.2. The van der Waals surface area contributed by atoms with Gasteiger partial charge in [-0.3, -0.25) is 19.2 Å². The number of ether oxygens (including phenoxy) is 8. The average Bonchev–Trinajstić information content (AvgIpc) is 1.40. The molecule has 2 amide bonds. The van der Waals surface area contributed by atoms with Crippen molar-refractivity contribution in [2.24, 2.45) is 23.7 Å². The molecule has 9 N–H and O–H groups in total. The zero-order valence-electron chi connectivity index (χ0n) is 57.6. The third-order valence-electron chi connectivity index (χ3n) is 21.6. The van der Waals surface area contributed by atoms with E-state index in [1.807, 2.05) is 6.92 Å². The number of ketones is 2. The van der Waals surface area contributed by atoms with Crippen LogP contribution in [0.4, 0.5) is 8.78 Å². The van der Waals surface area contributed by atoms with Crippen molar-refractivity contribution in [2.45, 2.75) is 265 Å². The van der Waals surface area contributed by atoms with Gasteiger partial charge < -0.3 is 89.0 Å². The molecule has 558 valence electrons. The van der Waals surface area contributed by atoms with Crippen molar-refractivity contribution in [3.8, 4) is 22.5 Å². The van der Waals surface area contributed by atoms with Gasteiger partial charge in [0.1, 0.15) is 108 Å². The standard InChI is InChI=1S/C71H100F2N8O20/c1-5-40-28-43(33-54(66(40)101-71-65(92)64(91)59(86)37(3)95-71)99-69-57(74-38(4)83)67(62(89)56(36-82)100-69)96-55(68(93)79-23-14-24-79)27-39-15-8-7-9-16-39)50(84)21-12-25-94-26-13-22-51(85)44-31-49(80-34-47(75-77-80)41-17-10-19-45(72)29-41)60(87)53(32-44)98-70-63(90)58(61(88)52(6-2)97-70)81-35-48(76-78-81)42-18-11-20-46(73)30-42/h10-11,17-20,29-30,34-35,37,39-40,43-44,49,52-67,69-71,82,86-92H,5-9,12-16,21-28,31-33,36H2,1-4H3,(H,74,83)/t37?,40?,43?,44-,49?,52?,53+,54+,55-,56-,57?,58?,59+,60?,61-,62-,63+,64-,65?,66+,67?,69+,70-,71-/m0/s1. The summed E-state index contributed by atoms with van der Waals surface area (Å²) in [6, 6.07) is 8.13. The first-order chi connectivity index (χ1) is 48.6. The third-order valence-corrected chi connectivity index (χ3v) is 21.6. The van der Waals surface area contributed by atoms with E-state index in [2.05, 4.69) is 25.9 Å². The van der Waals surface area contributed by atoms with Gasteiger partial charge in [-0.15, -0.1) is 10.2 Å². The number of aliphatic hydroxyl groups is 8. The second-order valence-corrected chi connectivity index (χ2v) is 28.5. The molecule has 4 aliphatic heterocycles. The first kappa shape index (κ1) is 76.4. The van der Waals surface area contributed by atoms with Crippen LogP contribution in [0.25, 0.3) is 22.5 Å².